The zero-order valence-corrected chi connectivity index (χ0v) is 7.17. The van der Waals surface area contributed by atoms with E-state index >= 15 is 0 Å². The van der Waals surface area contributed by atoms with Crippen LogP contribution in [0.5, 0.6) is 0 Å². The summed E-state index contributed by atoms with van der Waals surface area (Å²) in [6, 6.07) is 0. The predicted molar refractivity (Wildman–Crippen MR) is 40.8 cm³/mol. The van der Waals surface area contributed by atoms with Gasteiger partial charge in [0.15, 0.2) is 6.10 Å². The topological polar surface area (TPSA) is 80.7 Å². The number of hydrogen-bond donors (Lipinski definition) is 1. The van der Waals surface area contributed by atoms with E-state index in [1.165, 1.54) is 0 Å². The molecular formula is C6H8O5S. The van der Waals surface area contributed by atoms with Crippen LogP contribution in [0.15, 0.2) is 0 Å². The maximum atomic E-state index is 10.5. The molecule has 0 aromatic rings. The van der Waals surface area contributed by atoms with E-state index in [0.29, 0.717) is 0 Å². The Morgan fingerprint density at radius 1 is 1.75 bits per heavy atom. The Kier molecular flexibility index (Phi) is 3.73. The van der Waals surface area contributed by atoms with Gasteiger partial charge in [0.2, 0.25) is 0 Å². The molecule has 0 aromatic heterocycles. The number of aliphatic carboxylic acids is 1. The lowest BCUT2D eigenvalue weighted by atomic mass is 10.3. The van der Waals surface area contributed by atoms with Gasteiger partial charge in [-0.3, -0.25) is 4.18 Å². The van der Waals surface area contributed by atoms with Crippen molar-refractivity contribution in [1.29, 1.82) is 0 Å². The number of carboxylic acids is 1. The number of hydrogen-bond acceptors (Lipinski definition) is 4. The van der Waals surface area contributed by atoms with Crippen molar-refractivity contribution in [2.45, 2.75) is 12.5 Å². The lowest BCUT2D eigenvalue weighted by Gasteiger charge is -2.07. The van der Waals surface area contributed by atoms with Crippen molar-refractivity contribution in [2.75, 3.05) is 6.26 Å². The van der Waals surface area contributed by atoms with Crippen molar-refractivity contribution in [3.05, 3.63) is 0 Å². The SMILES string of the molecule is C#CCC(OS(C)(=O)=O)C(=O)O. The smallest absolute Gasteiger partial charge is 0.335 e. The van der Waals surface area contributed by atoms with Gasteiger partial charge in [-0.25, -0.2) is 4.79 Å². The molecule has 0 aliphatic heterocycles. The predicted octanol–water partition coefficient (Wildman–Crippen LogP) is -0.561. The third-order valence-electron chi connectivity index (χ3n) is 0.870. The van der Waals surface area contributed by atoms with Gasteiger partial charge in [-0.2, -0.15) is 8.42 Å². The van der Waals surface area contributed by atoms with Gasteiger partial charge >= 0.3 is 5.97 Å². The normalized spacial score (nSPS) is 13.3. The standard InChI is InChI=1S/C6H8O5S/c1-3-4-5(6(7)8)11-12(2,9)10/h1,5H,4H2,2H3,(H,7,8). The molecule has 1 atom stereocenters. The van der Waals surface area contributed by atoms with Crippen molar-refractivity contribution in [3.63, 3.8) is 0 Å². The quantitative estimate of drug-likeness (QED) is 0.477. The van der Waals surface area contributed by atoms with Crippen LogP contribution in [0.4, 0.5) is 0 Å². The van der Waals surface area contributed by atoms with Crippen molar-refractivity contribution < 1.29 is 22.5 Å². The molecule has 0 fully saturated rings. The zero-order chi connectivity index (χ0) is 9.78. The fraction of sp³-hybridized carbons (Fsp3) is 0.500. The van der Waals surface area contributed by atoms with Crippen molar-refractivity contribution in [1.82, 2.24) is 0 Å². The summed E-state index contributed by atoms with van der Waals surface area (Å²) in [5.74, 6) is 0.611. The van der Waals surface area contributed by atoms with Gasteiger partial charge in [-0.05, 0) is 0 Å². The first kappa shape index (κ1) is 10.9. The Morgan fingerprint density at radius 2 is 2.25 bits per heavy atom. The first-order valence-corrected chi connectivity index (χ1v) is 4.73. The van der Waals surface area contributed by atoms with Gasteiger partial charge < -0.3 is 5.11 Å². The van der Waals surface area contributed by atoms with E-state index < -0.39 is 22.2 Å². The molecule has 0 amide bonds. The third-order valence-corrected chi connectivity index (χ3v) is 1.45. The number of terminal acetylenes is 1. The minimum absolute atomic E-state index is 0.275. The first-order valence-electron chi connectivity index (χ1n) is 2.91. The highest BCUT2D eigenvalue weighted by Gasteiger charge is 2.21. The van der Waals surface area contributed by atoms with Gasteiger partial charge in [0, 0.05) is 6.42 Å². The van der Waals surface area contributed by atoms with Crippen LogP contribution in [-0.4, -0.2) is 31.9 Å². The molecule has 0 heterocycles. The van der Waals surface area contributed by atoms with E-state index in [1.807, 2.05) is 5.92 Å². The lowest BCUT2D eigenvalue weighted by molar-refractivity contribution is -0.144. The van der Waals surface area contributed by atoms with Gasteiger partial charge in [-0.1, -0.05) is 0 Å². The second-order valence-electron chi connectivity index (χ2n) is 2.04. The maximum Gasteiger partial charge on any atom is 0.335 e. The molecule has 0 aromatic carbocycles. The largest absolute Gasteiger partial charge is 0.479 e. The van der Waals surface area contributed by atoms with E-state index in [4.69, 9.17) is 11.5 Å². The molecular weight excluding hydrogens is 184 g/mol. The molecule has 0 radical (unpaired) electrons. The van der Waals surface area contributed by atoms with Crippen LogP contribution in [-0.2, 0) is 19.1 Å². The third kappa shape index (κ3) is 4.71. The van der Waals surface area contributed by atoms with E-state index in [9.17, 15) is 13.2 Å². The highest BCUT2D eigenvalue weighted by Crippen LogP contribution is 2.01. The second-order valence-corrected chi connectivity index (χ2v) is 3.64. The minimum Gasteiger partial charge on any atom is -0.479 e. The lowest BCUT2D eigenvalue weighted by Crippen LogP contribution is -2.26. The van der Waals surface area contributed by atoms with Crippen LogP contribution in [0.3, 0.4) is 0 Å². The van der Waals surface area contributed by atoms with Crippen LogP contribution < -0.4 is 0 Å². The van der Waals surface area contributed by atoms with Gasteiger partial charge in [0.1, 0.15) is 0 Å². The molecule has 0 aliphatic carbocycles. The summed E-state index contributed by atoms with van der Waals surface area (Å²) in [6.07, 6.45) is 3.80. The van der Waals surface area contributed by atoms with Crippen molar-refractivity contribution >= 4 is 16.1 Å². The van der Waals surface area contributed by atoms with Crippen LogP contribution in [0.25, 0.3) is 0 Å². The van der Waals surface area contributed by atoms with E-state index in [0.717, 1.165) is 6.26 Å². The van der Waals surface area contributed by atoms with Crippen molar-refractivity contribution in [2.24, 2.45) is 0 Å². The highest BCUT2D eigenvalue weighted by molar-refractivity contribution is 7.86. The van der Waals surface area contributed by atoms with E-state index in [2.05, 4.69) is 4.18 Å². The fourth-order valence-electron chi connectivity index (χ4n) is 0.481. The molecule has 6 heteroatoms. The van der Waals surface area contributed by atoms with E-state index in [-0.39, 0.29) is 6.42 Å². The Labute approximate surface area is 70.5 Å². The average molecular weight is 192 g/mol. The maximum absolute atomic E-state index is 10.5. The Balaban J connectivity index is 4.37. The molecule has 0 saturated carbocycles. The van der Waals surface area contributed by atoms with Crippen LogP contribution in [0, 0.1) is 12.3 Å². The first-order chi connectivity index (χ1) is 5.37. The van der Waals surface area contributed by atoms with Crippen LogP contribution in [0.2, 0.25) is 0 Å². The number of carboxylic acid groups (broad SMARTS) is 1. The molecule has 1 N–H and O–H groups in total. The molecule has 12 heavy (non-hydrogen) atoms. The second kappa shape index (κ2) is 4.09. The average Bonchev–Trinajstić information content (AvgIpc) is 1.83. The molecule has 5 nitrogen and oxygen atoms in total. The zero-order valence-electron chi connectivity index (χ0n) is 6.35. The molecule has 0 bridgehead atoms. The van der Waals surface area contributed by atoms with E-state index in [1.54, 1.807) is 0 Å². The summed E-state index contributed by atoms with van der Waals surface area (Å²) in [7, 11) is -3.77. The summed E-state index contributed by atoms with van der Waals surface area (Å²) < 4.78 is 25.1. The Hall–Kier alpha value is -1.06. The van der Waals surface area contributed by atoms with Crippen molar-refractivity contribution in [3.8, 4) is 12.3 Å². The monoisotopic (exact) mass is 192 g/mol. The van der Waals surface area contributed by atoms with Crippen LogP contribution in [0.1, 0.15) is 6.42 Å². The minimum atomic E-state index is -3.77. The summed E-state index contributed by atoms with van der Waals surface area (Å²) in [5.41, 5.74) is 0. The molecule has 0 saturated heterocycles. The number of carbonyl (C=O) groups is 1. The fourth-order valence-corrected chi connectivity index (χ4v) is 1.05. The molecule has 0 spiro atoms. The summed E-state index contributed by atoms with van der Waals surface area (Å²) in [4.78, 5) is 10.3. The molecule has 68 valence electrons. The summed E-state index contributed by atoms with van der Waals surface area (Å²) >= 11 is 0. The highest BCUT2D eigenvalue weighted by atomic mass is 32.2. The number of rotatable bonds is 4. The van der Waals surface area contributed by atoms with Gasteiger partial charge in [-0.15, -0.1) is 12.3 Å². The summed E-state index contributed by atoms with van der Waals surface area (Å²) in [6.45, 7) is 0. The van der Waals surface area contributed by atoms with Gasteiger partial charge in [0.25, 0.3) is 10.1 Å². The summed E-state index contributed by atoms with van der Waals surface area (Å²) in [5, 5.41) is 8.38. The van der Waals surface area contributed by atoms with Gasteiger partial charge in [0.05, 0.1) is 6.26 Å². The Morgan fingerprint density at radius 3 is 2.50 bits per heavy atom. The molecule has 0 rings (SSSR count). The Bertz CT molecular complexity index is 296. The van der Waals surface area contributed by atoms with Crippen LogP contribution >= 0.6 is 0 Å². The molecule has 0 aliphatic rings. The molecule has 1 unspecified atom stereocenters.